The molecule has 0 radical (unpaired) electrons. The zero-order valence-corrected chi connectivity index (χ0v) is 17.0. The van der Waals surface area contributed by atoms with E-state index < -0.39 is 11.7 Å². The molecular weight excluding hydrogens is 383 g/mol. The van der Waals surface area contributed by atoms with E-state index in [1.807, 2.05) is 24.9 Å². The van der Waals surface area contributed by atoms with Crippen LogP contribution in [-0.2, 0) is 6.18 Å². The molecule has 0 spiro atoms. The van der Waals surface area contributed by atoms with Crippen molar-refractivity contribution in [3.05, 3.63) is 23.7 Å². The molecule has 158 valence electrons. The summed E-state index contributed by atoms with van der Waals surface area (Å²) in [6.07, 6.45) is 2.09. The molecule has 0 bridgehead atoms. The number of hydrogen-bond acceptors (Lipinski definition) is 6. The molecule has 1 aliphatic rings. The maximum Gasteiger partial charge on any atom is 0.421 e. The van der Waals surface area contributed by atoms with Gasteiger partial charge in [-0.25, -0.2) is 4.98 Å². The van der Waals surface area contributed by atoms with Gasteiger partial charge in [-0.2, -0.15) is 23.3 Å². The van der Waals surface area contributed by atoms with E-state index in [2.05, 4.69) is 37.6 Å². The fourth-order valence-corrected chi connectivity index (χ4v) is 3.61. The van der Waals surface area contributed by atoms with E-state index >= 15 is 0 Å². The van der Waals surface area contributed by atoms with Gasteiger partial charge >= 0.3 is 6.18 Å². The van der Waals surface area contributed by atoms with Crippen LogP contribution < -0.4 is 10.6 Å². The molecule has 0 aromatic carbocycles. The second-order valence-electron chi connectivity index (χ2n) is 7.46. The Morgan fingerprint density at radius 3 is 2.72 bits per heavy atom. The van der Waals surface area contributed by atoms with Crippen LogP contribution in [0.3, 0.4) is 0 Å². The van der Waals surface area contributed by atoms with Gasteiger partial charge < -0.3 is 10.6 Å². The lowest BCUT2D eigenvalue weighted by Crippen LogP contribution is -2.14. The summed E-state index contributed by atoms with van der Waals surface area (Å²) < 4.78 is 41.0. The van der Waals surface area contributed by atoms with Gasteiger partial charge in [-0.15, -0.1) is 0 Å². The van der Waals surface area contributed by atoms with Gasteiger partial charge in [0.15, 0.2) is 0 Å². The van der Waals surface area contributed by atoms with Crippen LogP contribution in [0.2, 0.25) is 0 Å². The summed E-state index contributed by atoms with van der Waals surface area (Å²) in [4.78, 5) is 12.2. The van der Waals surface area contributed by atoms with Crippen molar-refractivity contribution in [3.63, 3.8) is 0 Å². The quantitative estimate of drug-likeness (QED) is 0.721. The number of nitrogens with zero attached hydrogens (tertiary/aromatic N) is 5. The van der Waals surface area contributed by atoms with Crippen LogP contribution in [0.5, 0.6) is 0 Å². The molecule has 2 unspecified atom stereocenters. The van der Waals surface area contributed by atoms with E-state index in [1.54, 1.807) is 0 Å². The Morgan fingerprint density at radius 1 is 1.31 bits per heavy atom. The fourth-order valence-electron chi connectivity index (χ4n) is 3.61. The van der Waals surface area contributed by atoms with Crippen molar-refractivity contribution >= 4 is 23.2 Å². The molecule has 2 atom stereocenters. The SMILES string of the molecule is C/N=C1\CCC(C)CC(n2cc(Nc3ncc(C(F)(F)F)c(NC)n3)c(C)n2)C1. The molecule has 1 aliphatic carbocycles. The highest BCUT2D eigenvalue weighted by molar-refractivity contribution is 5.85. The summed E-state index contributed by atoms with van der Waals surface area (Å²) in [6.45, 7) is 4.08. The zero-order valence-electron chi connectivity index (χ0n) is 17.0. The summed E-state index contributed by atoms with van der Waals surface area (Å²) in [5.74, 6) is 0.369. The Labute approximate surface area is 167 Å². The molecule has 3 rings (SSSR count). The van der Waals surface area contributed by atoms with Crippen molar-refractivity contribution in [1.29, 1.82) is 0 Å². The lowest BCUT2D eigenvalue weighted by Gasteiger charge is -2.17. The average Bonchev–Trinajstić information content (AvgIpc) is 2.91. The van der Waals surface area contributed by atoms with Gasteiger partial charge in [-0.3, -0.25) is 9.67 Å². The van der Waals surface area contributed by atoms with Gasteiger partial charge in [0.25, 0.3) is 0 Å². The molecule has 2 aromatic heterocycles. The summed E-state index contributed by atoms with van der Waals surface area (Å²) >= 11 is 0. The highest BCUT2D eigenvalue weighted by Crippen LogP contribution is 2.34. The molecule has 29 heavy (non-hydrogen) atoms. The number of aliphatic imine (C=N–C) groups is 1. The van der Waals surface area contributed by atoms with E-state index in [0.717, 1.165) is 37.6 Å². The van der Waals surface area contributed by atoms with Crippen molar-refractivity contribution in [2.45, 2.75) is 51.7 Å². The molecule has 2 heterocycles. The van der Waals surface area contributed by atoms with Crippen molar-refractivity contribution in [2.24, 2.45) is 10.9 Å². The first-order chi connectivity index (χ1) is 13.7. The highest BCUT2D eigenvalue weighted by Gasteiger charge is 2.35. The summed E-state index contributed by atoms with van der Waals surface area (Å²) in [5.41, 5.74) is 1.67. The Hall–Kier alpha value is -2.65. The second-order valence-corrected chi connectivity index (χ2v) is 7.46. The molecule has 0 aliphatic heterocycles. The predicted octanol–water partition coefficient (Wildman–Crippen LogP) is 4.61. The smallest absolute Gasteiger partial charge is 0.372 e. The number of hydrogen-bond donors (Lipinski definition) is 2. The lowest BCUT2D eigenvalue weighted by molar-refractivity contribution is -0.137. The van der Waals surface area contributed by atoms with Gasteiger partial charge in [0, 0.05) is 38.6 Å². The van der Waals surface area contributed by atoms with Crippen LogP contribution in [0.1, 0.15) is 49.9 Å². The van der Waals surface area contributed by atoms with Gasteiger partial charge in [0.1, 0.15) is 11.4 Å². The van der Waals surface area contributed by atoms with Gasteiger partial charge in [-0.1, -0.05) is 6.92 Å². The first-order valence-electron chi connectivity index (χ1n) is 9.60. The number of rotatable bonds is 4. The summed E-state index contributed by atoms with van der Waals surface area (Å²) in [5, 5.41) is 10.1. The predicted molar refractivity (Wildman–Crippen MR) is 107 cm³/mol. The van der Waals surface area contributed by atoms with Crippen molar-refractivity contribution in [1.82, 2.24) is 19.7 Å². The number of anilines is 3. The number of aryl methyl sites for hydroxylation is 1. The largest absolute Gasteiger partial charge is 0.421 e. The topological polar surface area (TPSA) is 80.0 Å². The van der Waals surface area contributed by atoms with E-state index in [-0.39, 0.29) is 17.8 Å². The Morgan fingerprint density at radius 2 is 2.07 bits per heavy atom. The zero-order chi connectivity index (χ0) is 21.2. The molecule has 2 N–H and O–H groups in total. The monoisotopic (exact) mass is 409 g/mol. The van der Waals surface area contributed by atoms with E-state index in [0.29, 0.717) is 11.6 Å². The molecule has 1 fully saturated rings. The maximum absolute atomic E-state index is 13.0. The summed E-state index contributed by atoms with van der Waals surface area (Å²) in [6, 6.07) is 0.196. The molecule has 0 saturated heterocycles. The van der Waals surface area contributed by atoms with Crippen LogP contribution >= 0.6 is 0 Å². The minimum Gasteiger partial charge on any atom is -0.372 e. The van der Waals surface area contributed by atoms with E-state index in [9.17, 15) is 13.2 Å². The molecular formula is C19H26F3N7. The minimum atomic E-state index is -4.52. The van der Waals surface area contributed by atoms with Crippen LogP contribution in [0.25, 0.3) is 0 Å². The van der Waals surface area contributed by atoms with Crippen molar-refractivity contribution in [2.75, 3.05) is 24.7 Å². The first-order valence-corrected chi connectivity index (χ1v) is 9.60. The second kappa shape index (κ2) is 8.38. The number of aromatic nitrogens is 4. The van der Waals surface area contributed by atoms with Crippen molar-refractivity contribution in [3.8, 4) is 0 Å². The number of halogens is 3. The Kier molecular flexibility index (Phi) is 6.09. The van der Waals surface area contributed by atoms with Gasteiger partial charge in [-0.05, 0) is 32.1 Å². The average molecular weight is 409 g/mol. The van der Waals surface area contributed by atoms with Gasteiger partial charge in [0.05, 0.1) is 17.4 Å². The van der Waals surface area contributed by atoms with Crippen LogP contribution in [0.15, 0.2) is 17.4 Å². The Bertz CT molecular complexity index is 888. The van der Waals surface area contributed by atoms with E-state index in [4.69, 9.17) is 0 Å². The lowest BCUT2D eigenvalue weighted by atomic mass is 10.0. The first kappa shape index (κ1) is 21.1. The van der Waals surface area contributed by atoms with Gasteiger partial charge in [0.2, 0.25) is 5.95 Å². The van der Waals surface area contributed by atoms with E-state index in [1.165, 1.54) is 12.8 Å². The van der Waals surface area contributed by atoms with Crippen LogP contribution in [-0.4, -0.2) is 39.6 Å². The normalized spacial score (nSPS) is 21.8. The number of alkyl halides is 3. The Balaban J connectivity index is 1.84. The third kappa shape index (κ3) is 4.86. The fraction of sp³-hybridized carbons (Fsp3) is 0.579. The molecule has 7 nitrogen and oxygen atoms in total. The number of nitrogens with one attached hydrogen (secondary N) is 2. The molecule has 0 amide bonds. The van der Waals surface area contributed by atoms with Crippen LogP contribution in [0.4, 0.5) is 30.6 Å². The van der Waals surface area contributed by atoms with Crippen LogP contribution in [0, 0.1) is 12.8 Å². The maximum atomic E-state index is 13.0. The molecule has 1 saturated carbocycles. The summed E-state index contributed by atoms with van der Waals surface area (Å²) in [7, 11) is 3.22. The molecule has 10 heteroatoms. The molecule has 2 aromatic rings. The highest BCUT2D eigenvalue weighted by atomic mass is 19.4. The van der Waals surface area contributed by atoms with Crippen molar-refractivity contribution < 1.29 is 13.2 Å². The standard InChI is InChI=1S/C19H26F3N7/c1-11-5-6-13(23-3)8-14(7-11)29-10-16(12(2)28-29)26-18-25-9-15(19(20,21)22)17(24-4)27-18/h9-11,14H,5-8H2,1-4H3,(H2,24,25,26,27)/b23-13+. The third-order valence-corrected chi connectivity index (χ3v) is 5.26. The minimum absolute atomic E-state index is 0.0787. The third-order valence-electron chi connectivity index (χ3n) is 5.26.